The van der Waals surface area contributed by atoms with Gasteiger partial charge in [-0.25, -0.2) is 0 Å². The number of likely N-dealkylation sites (N-methyl/N-ethyl adjacent to an activating group) is 1. The molecular weight excluding hydrogens is 258 g/mol. The third-order valence-electron chi connectivity index (χ3n) is 4.54. The van der Waals surface area contributed by atoms with E-state index in [2.05, 4.69) is 63.2 Å². The lowest BCUT2D eigenvalue weighted by Gasteiger charge is -2.22. The number of aryl methyl sites for hydroxylation is 3. The summed E-state index contributed by atoms with van der Waals surface area (Å²) in [5.41, 5.74) is 7.92. The van der Waals surface area contributed by atoms with Crippen molar-refractivity contribution in [2.24, 2.45) is 7.05 Å². The minimum atomic E-state index is 0.344. The predicted molar refractivity (Wildman–Crippen MR) is 88.7 cm³/mol. The Kier molecular flexibility index (Phi) is 4.84. The first kappa shape index (κ1) is 15.8. The van der Waals surface area contributed by atoms with Crippen LogP contribution in [-0.4, -0.2) is 16.3 Å². The molecule has 1 aromatic carbocycles. The summed E-state index contributed by atoms with van der Waals surface area (Å²) in [5, 5.41) is 8.19. The quantitative estimate of drug-likeness (QED) is 0.910. The Balaban J connectivity index is 2.38. The summed E-state index contributed by atoms with van der Waals surface area (Å²) in [7, 11) is 2.02. The van der Waals surface area contributed by atoms with Crippen LogP contribution in [0, 0.1) is 27.7 Å². The molecule has 0 saturated carbocycles. The van der Waals surface area contributed by atoms with Crippen LogP contribution >= 0.6 is 0 Å². The van der Waals surface area contributed by atoms with Gasteiger partial charge >= 0.3 is 0 Å². The predicted octanol–water partition coefficient (Wildman–Crippen LogP) is 3.55. The van der Waals surface area contributed by atoms with Crippen LogP contribution in [0.2, 0.25) is 0 Å². The van der Waals surface area contributed by atoms with E-state index < -0.39 is 0 Å². The zero-order valence-corrected chi connectivity index (χ0v) is 14.1. The van der Waals surface area contributed by atoms with Crippen molar-refractivity contribution >= 4 is 0 Å². The van der Waals surface area contributed by atoms with E-state index in [-0.39, 0.29) is 0 Å². The van der Waals surface area contributed by atoms with Crippen molar-refractivity contribution in [3.8, 4) is 0 Å². The summed E-state index contributed by atoms with van der Waals surface area (Å²) in [5.74, 6) is 0. The average molecular weight is 285 g/mol. The van der Waals surface area contributed by atoms with Crippen LogP contribution in [-0.2, 0) is 13.5 Å². The molecule has 1 heterocycles. The molecule has 0 aliphatic rings. The molecule has 0 aliphatic heterocycles. The second-order valence-electron chi connectivity index (χ2n) is 5.88. The SMILES string of the molecule is CCNC(Cc1c(C)nn(C)c1C)c1cccc(C)c1C. The van der Waals surface area contributed by atoms with Gasteiger partial charge in [0, 0.05) is 18.8 Å². The molecule has 2 aromatic rings. The van der Waals surface area contributed by atoms with Gasteiger partial charge in [0.15, 0.2) is 0 Å². The summed E-state index contributed by atoms with van der Waals surface area (Å²) >= 11 is 0. The third kappa shape index (κ3) is 3.18. The Hall–Kier alpha value is -1.61. The number of aromatic nitrogens is 2. The Morgan fingerprint density at radius 3 is 2.48 bits per heavy atom. The first-order valence-corrected chi connectivity index (χ1v) is 7.74. The van der Waals surface area contributed by atoms with Gasteiger partial charge in [0.2, 0.25) is 0 Å². The topological polar surface area (TPSA) is 29.9 Å². The van der Waals surface area contributed by atoms with Crippen LogP contribution in [0.25, 0.3) is 0 Å². The lowest BCUT2D eigenvalue weighted by atomic mass is 9.92. The van der Waals surface area contributed by atoms with E-state index in [9.17, 15) is 0 Å². The van der Waals surface area contributed by atoms with Crippen LogP contribution in [0.15, 0.2) is 18.2 Å². The van der Waals surface area contributed by atoms with Gasteiger partial charge in [-0.2, -0.15) is 5.10 Å². The smallest absolute Gasteiger partial charge is 0.0629 e. The zero-order chi connectivity index (χ0) is 15.6. The molecule has 0 fully saturated rings. The summed E-state index contributed by atoms with van der Waals surface area (Å²) in [4.78, 5) is 0. The minimum absolute atomic E-state index is 0.344. The van der Waals surface area contributed by atoms with Crippen LogP contribution in [0.4, 0.5) is 0 Å². The van der Waals surface area contributed by atoms with E-state index >= 15 is 0 Å². The molecule has 0 spiro atoms. The van der Waals surface area contributed by atoms with Gasteiger partial charge in [0.05, 0.1) is 5.69 Å². The van der Waals surface area contributed by atoms with Gasteiger partial charge in [-0.05, 0) is 62.9 Å². The van der Waals surface area contributed by atoms with E-state index in [1.165, 1.54) is 27.9 Å². The lowest BCUT2D eigenvalue weighted by molar-refractivity contribution is 0.544. The van der Waals surface area contributed by atoms with Crippen molar-refractivity contribution in [3.63, 3.8) is 0 Å². The van der Waals surface area contributed by atoms with Gasteiger partial charge in [0.25, 0.3) is 0 Å². The van der Waals surface area contributed by atoms with E-state index in [1.54, 1.807) is 0 Å². The Morgan fingerprint density at radius 2 is 1.90 bits per heavy atom. The van der Waals surface area contributed by atoms with Crippen LogP contribution in [0.3, 0.4) is 0 Å². The number of rotatable bonds is 5. The third-order valence-corrected chi connectivity index (χ3v) is 4.54. The Morgan fingerprint density at radius 1 is 1.19 bits per heavy atom. The molecule has 2 rings (SSSR count). The molecule has 3 nitrogen and oxygen atoms in total. The van der Waals surface area contributed by atoms with Crippen molar-refractivity contribution in [1.82, 2.24) is 15.1 Å². The largest absolute Gasteiger partial charge is 0.310 e. The highest BCUT2D eigenvalue weighted by molar-refractivity contribution is 5.37. The highest BCUT2D eigenvalue weighted by atomic mass is 15.3. The lowest BCUT2D eigenvalue weighted by Crippen LogP contribution is -2.24. The van der Waals surface area contributed by atoms with Crippen LogP contribution in [0.5, 0.6) is 0 Å². The van der Waals surface area contributed by atoms with Crippen molar-refractivity contribution in [1.29, 1.82) is 0 Å². The molecule has 0 aliphatic carbocycles. The Bertz CT molecular complexity index is 626. The van der Waals surface area contributed by atoms with Crippen molar-refractivity contribution < 1.29 is 0 Å². The van der Waals surface area contributed by atoms with Gasteiger partial charge < -0.3 is 5.32 Å². The molecule has 0 saturated heterocycles. The average Bonchev–Trinajstić information content (AvgIpc) is 2.68. The van der Waals surface area contributed by atoms with Crippen LogP contribution in [0.1, 0.15) is 46.6 Å². The van der Waals surface area contributed by atoms with E-state index in [1.807, 2.05) is 11.7 Å². The van der Waals surface area contributed by atoms with E-state index in [0.29, 0.717) is 6.04 Å². The molecule has 1 atom stereocenters. The van der Waals surface area contributed by atoms with Crippen molar-refractivity contribution in [3.05, 3.63) is 51.8 Å². The van der Waals surface area contributed by atoms with Gasteiger partial charge in [-0.1, -0.05) is 25.1 Å². The fraction of sp³-hybridized carbons (Fsp3) is 0.500. The summed E-state index contributed by atoms with van der Waals surface area (Å²) in [6.07, 6.45) is 0.990. The highest BCUT2D eigenvalue weighted by Crippen LogP contribution is 2.26. The fourth-order valence-corrected chi connectivity index (χ4v) is 3.01. The maximum Gasteiger partial charge on any atom is 0.0629 e. The normalized spacial score (nSPS) is 12.7. The number of hydrogen-bond donors (Lipinski definition) is 1. The molecular formula is C18H27N3. The van der Waals surface area contributed by atoms with Gasteiger partial charge in [-0.15, -0.1) is 0 Å². The molecule has 1 aromatic heterocycles. The van der Waals surface area contributed by atoms with Crippen molar-refractivity contribution in [2.75, 3.05) is 6.54 Å². The Labute approximate surface area is 128 Å². The number of benzene rings is 1. The zero-order valence-electron chi connectivity index (χ0n) is 14.1. The molecule has 3 heteroatoms. The van der Waals surface area contributed by atoms with Gasteiger partial charge in [-0.3, -0.25) is 4.68 Å². The van der Waals surface area contributed by atoms with E-state index in [4.69, 9.17) is 0 Å². The maximum atomic E-state index is 4.55. The molecule has 21 heavy (non-hydrogen) atoms. The first-order chi connectivity index (χ1) is 9.95. The number of nitrogens with one attached hydrogen (secondary N) is 1. The molecule has 0 amide bonds. The summed E-state index contributed by atoms with van der Waals surface area (Å²) < 4.78 is 1.98. The second kappa shape index (κ2) is 6.44. The highest BCUT2D eigenvalue weighted by Gasteiger charge is 2.18. The summed E-state index contributed by atoms with van der Waals surface area (Å²) in [6, 6.07) is 6.93. The number of nitrogens with zero attached hydrogens (tertiary/aromatic N) is 2. The summed E-state index contributed by atoms with van der Waals surface area (Å²) in [6.45, 7) is 11.8. The first-order valence-electron chi connectivity index (χ1n) is 7.74. The fourth-order valence-electron chi connectivity index (χ4n) is 3.01. The molecule has 0 bridgehead atoms. The van der Waals surface area contributed by atoms with E-state index in [0.717, 1.165) is 18.7 Å². The number of hydrogen-bond acceptors (Lipinski definition) is 2. The molecule has 0 radical (unpaired) electrons. The second-order valence-corrected chi connectivity index (χ2v) is 5.88. The van der Waals surface area contributed by atoms with Crippen molar-refractivity contribution in [2.45, 2.75) is 47.1 Å². The standard InChI is InChI=1S/C18H27N3/c1-7-19-18(16-10-8-9-12(2)13(16)3)11-17-14(4)20-21(6)15(17)5/h8-10,18-19H,7,11H2,1-6H3. The van der Waals surface area contributed by atoms with Gasteiger partial charge in [0.1, 0.15) is 0 Å². The maximum absolute atomic E-state index is 4.55. The minimum Gasteiger partial charge on any atom is -0.310 e. The molecule has 114 valence electrons. The van der Waals surface area contributed by atoms with Crippen LogP contribution < -0.4 is 5.32 Å². The molecule has 1 N–H and O–H groups in total. The monoisotopic (exact) mass is 285 g/mol. The molecule has 1 unspecified atom stereocenters.